The number of allylic oxidation sites excluding steroid dienone is 1. The van der Waals surface area contributed by atoms with Crippen LogP contribution in [0.25, 0.3) is 0 Å². The fourth-order valence-electron chi connectivity index (χ4n) is 3.54. The molecule has 0 bridgehead atoms. The van der Waals surface area contributed by atoms with Gasteiger partial charge < -0.3 is 19.3 Å². The third-order valence-electron chi connectivity index (χ3n) is 5.30. The average Bonchev–Trinajstić information content (AvgIpc) is 2.67. The Balaban J connectivity index is 2.15. The summed E-state index contributed by atoms with van der Waals surface area (Å²) < 4.78 is 17.1. The van der Waals surface area contributed by atoms with Crippen molar-refractivity contribution in [3.63, 3.8) is 0 Å². The first kappa shape index (κ1) is 22.1. The van der Waals surface area contributed by atoms with Gasteiger partial charge in [0.15, 0.2) is 0 Å². The predicted molar refractivity (Wildman–Crippen MR) is 105 cm³/mol. The van der Waals surface area contributed by atoms with Crippen LogP contribution >= 0.6 is 0 Å². The van der Waals surface area contributed by atoms with Crippen LogP contribution < -0.4 is 0 Å². The quantitative estimate of drug-likeness (QED) is 0.541. The smallest absolute Gasteiger partial charge is 0.338 e. The molecular formula is C22H30O6. The van der Waals surface area contributed by atoms with Crippen LogP contribution in [0.2, 0.25) is 0 Å². The summed E-state index contributed by atoms with van der Waals surface area (Å²) in [6.45, 7) is 8.59. The molecule has 1 aromatic carbocycles. The van der Waals surface area contributed by atoms with Gasteiger partial charge in [-0.3, -0.25) is 4.79 Å². The maximum atomic E-state index is 12.5. The summed E-state index contributed by atoms with van der Waals surface area (Å²) in [5.41, 5.74) is -1.24. The number of carbonyl (C=O) groups is 2. The average molecular weight is 390 g/mol. The summed E-state index contributed by atoms with van der Waals surface area (Å²) in [5, 5.41) is 10.6. The number of hydrogen-bond donors (Lipinski definition) is 1. The van der Waals surface area contributed by atoms with Crippen molar-refractivity contribution in [1.29, 1.82) is 0 Å². The van der Waals surface area contributed by atoms with Gasteiger partial charge in [-0.05, 0) is 51.7 Å². The topological polar surface area (TPSA) is 82.1 Å². The normalized spacial score (nSPS) is 28.2. The molecule has 1 heterocycles. The number of carbonyl (C=O) groups excluding carboxylic acids is 2. The summed E-state index contributed by atoms with van der Waals surface area (Å²) in [4.78, 5) is 23.6. The van der Waals surface area contributed by atoms with Gasteiger partial charge in [-0.2, -0.15) is 0 Å². The van der Waals surface area contributed by atoms with Crippen LogP contribution in [0.5, 0.6) is 0 Å². The van der Waals surface area contributed by atoms with Crippen molar-refractivity contribution in [3.8, 4) is 0 Å². The van der Waals surface area contributed by atoms with E-state index in [9.17, 15) is 14.7 Å². The molecule has 0 radical (unpaired) electrons. The second kappa shape index (κ2) is 9.34. The molecule has 28 heavy (non-hydrogen) atoms. The summed E-state index contributed by atoms with van der Waals surface area (Å²) in [6, 6.07) is 8.82. The van der Waals surface area contributed by atoms with Crippen LogP contribution in [0.3, 0.4) is 0 Å². The number of rotatable bonds is 8. The van der Waals surface area contributed by atoms with Crippen LogP contribution in [-0.4, -0.2) is 47.1 Å². The minimum atomic E-state index is -0.981. The molecule has 2 rings (SSSR count). The zero-order chi connectivity index (χ0) is 20.8. The van der Waals surface area contributed by atoms with Crippen molar-refractivity contribution in [2.24, 2.45) is 0 Å². The lowest BCUT2D eigenvalue weighted by Gasteiger charge is -2.50. The van der Waals surface area contributed by atoms with Gasteiger partial charge in [-0.1, -0.05) is 24.3 Å². The Labute approximate surface area is 166 Å². The Hall–Kier alpha value is -2.18. The monoisotopic (exact) mass is 390 g/mol. The molecule has 1 N–H and O–H groups in total. The van der Waals surface area contributed by atoms with Crippen molar-refractivity contribution < 1.29 is 28.9 Å². The van der Waals surface area contributed by atoms with Crippen molar-refractivity contribution in [1.82, 2.24) is 0 Å². The van der Waals surface area contributed by atoms with E-state index in [1.807, 2.05) is 13.0 Å². The second-order valence-electron chi connectivity index (χ2n) is 7.67. The van der Waals surface area contributed by atoms with Crippen LogP contribution in [0.1, 0.15) is 56.8 Å². The van der Waals surface area contributed by atoms with E-state index in [2.05, 4.69) is 6.58 Å². The van der Waals surface area contributed by atoms with Gasteiger partial charge >= 0.3 is 11.9 Å². The molecule has 6 nitrogen and oxygen atoms in total. The van der Waals surface area contributed by atoms with Crippen molar-refractivity contribution in [2.75, 3.05) is 6.61 Å². The number of aliphatic hydroxyl groups is 1. The molecule has 0 aliphatic carbocycles. The van der Waals surface area contributed by atoms with E-state index in [4.69, 9.17) is 14.2 Å². The van der Waals surface area contributed by atoms with Gasteiger partial charge in [0.2, 0.25) is 0 Å². The molecule has 1 aliphatic rings. The van der Waals surface area contributed by atoms with E-state index >= 15 is 0 Å². The van der Waals surface area contributed by atoms with Crippen LogP contribution in [0, 0.1) is 0 Å². The third-order valence-corrected chi connectivity index (χ3v) is 5.30. The standard InChI is InChI=1S/C22H30O6/c1-5-6-13-22(4)19(27-20(25)17-10-8-7-9-11-17)12-14-21(3,28-22)18(24)15-26-16(2)23/h5,7-11,18-19,24H,1,6,12-15H2,2-4H3/t18-,19+,21-,22-/m1/s1. The zero-order valence-corrected chi connectivity index (χ0v) is 16.8. The SMILES string of the molecule is C=CCC[C@@]1(C)O[C@@](C)([C@H](O)COC(C)=O)CC[C@@H]1OC(=O)c1ccccc1. The summed E-state index contributed by atoms with van der Waals surface area (Å²) in [5.74, 6) is -0.856. The molecule has 0 spiro atoms. The molecular weight excluding hydrogens is 360 g/mol. The minimum absolute atomic E-state index is 0.141. The Morgan fingerprint density at radius 2 is 2.04 bits per heavy atom. The predicted octanol–water partition coefficient (Wildman–Crippen LogP) is 3.43. The first-order valence-electron chi connectivity index (χ1n) is 9.59. The molecule has 6 heteroatoms. The highest BCUT2D eigenvalue weighted by Gasteiger charge is 2.51. The molecule has 0 unspecified atom stereocenters. The number of esters is 2. The van der Waals surface area contributed by atoms with E-state index in [0.717, 1.165) is 0 Å². The highest BCUT2D eigenvalue weighted by Crippen LogP contribution is 2.42. The zero-order valence-electron chi connectivity index (χ0n) is 16.8. The Morgan fingerprint density at radius 1 is 1.36 bits per heavy atom. The lowest BCUT2D eigenvalue weighted by molar-refractivity contribution is -0.257. The number of ether oxygens (including phenoxy) is 3. The first-order chi connectivity index (χ1) is 13.2. The molecule has 1 aromatic rings. The minimum Gasteiger partial charge on any atom is -0.463 e. The number of aliphatic hydroxyl groups excluding tert-OH is 1. The Morgan fingerprint density at radius 3 is 2.64 bits per heavy atom. The fourth-order valence-corrected chi connectivity index (χ4v) is 3.54. The lowest BCUT2D eigenvalue weighted by atomic mass is 9.79. The van der Waals surface area contributed by atoms with Crippen molar-refractivity contribution in [3.05, 3.63) is 48.6 Å². The van der Waals surface area contributed by atoms with Gasteiger partial charge in [0.05, 0.1) is 11.2 Å². The molecule has 1 fully saturated rings. The molecule has 1 saturated heterocycles. The Kier molecular flexibility index (Phi) is 7.38. The van der Waals surface area contributed by atoms with E-state index < -0.39 is 35.3 Å². The first-order valence-corrected chi connectivity index (χ1v) is 9.59. The maximum absolute atomic E-state index is 12.5. The third kappa shape index (κ3) is 5.42. The molecule has 154 valence electrons. The number of benzene rings is 1. The van der Waals surface area contributed by atoms with Crippen LogP contribution in [0.4, 0.5) is 0 Å². The molecule has 0 saturated carbocycles. The lowest BCUT2D eigenvalue weighted by Crippen LogP contribution is -2.59. The van der Waals surface area contributed by atoms with Gasteiger partial charge in [0.25, 0.3) is 0 Å². The van der Waals surface area contributed by atoms with E-state index in [1.54, 1.807) is 37.3 Å². The molecule has 4 atom stereocenters. The summed E-state index contributed by atoms with van der Waals surface area (Å²) in [6.07, 6.45) is 2.59. The Bertz CT molecular complexity index is 688. The van der Waals surface area contributed by atoms with Crippen molar-refractivity contribution in [2.45, 2.75) is 69.9 Å². The van der Waals surface area contributed by atoms with Crippen LogP contribution in [0.15, 0.2) is 43.0 Å². The van der Waals surface area contributed by atoms with Gasteiger partial charge in [-0.25, -0.2) is 4.79 Å². The van der Waals surface area contributed by atoms with E-state index in [-0.39, 0.29) is 6.61 Å². The largest absolute Gasteiger partial charge is 0.463 e. The molecule has 0 aromatic heterocycles. The van der Waals surface area contributed by atoms with Crippen LogP contribution in [-0.2, 0) is 19.0 Å². The van der Waals surface area contributed by atoms with Gasteiger partial charge in [0, 0.05) is 6.92 Å². The highest BCUT2D eigenvalue weighted by atomic mass is 16.6. The van der Waals surface area contributed by atoms with Gasteiger partial charge in [0.1, 0.15) is 24.4 Å². The fraction of sp³-hybridized carbons (Fsp3) is 0.545. The molecule has 0 amide bonds. The highest BCUT2D eigenvalue weighted by molar-refractivity contribution is 5.89. The summed E-state index contributed by atoms with van der Waals surface area (Å²) in [7, 11) is 0. The van der Waals surface area contributed by atoms with Crippen molar-refractivity contribution >= 4 is 11.9 Å². The maximum Gasteiger partial charge on any atom is 0.338 e. The number of hydrogen-bond acceptors (Lipinski definition) is 6. The molecule has 1 aliphatic heterocycles. The summed E-state index contributed by atoms with van der Waals surface area (Å²) >= 11 is 0. The van der Waals surface area contributed by atoms with E-state index in [0.29, 0.717) is 31.2 Å². The van der Waals surface area contributed by atoms with Gasteiger partial charge in [-0.15, -0.1) is 6.58 Å². The van der Waals surface area contributed by atoms with E-state index in [1.165, 1.54) is 6.92 Å². The second-order valence-corrected chi connectivity index (χ2v) is 7.67.